The highest BCUT2D eigenvalue weighted by atomic mass is 16.5. The van der Waals surface area contributed by atoms with Gasteiger partial charge in [-0.1, -0.05) is 89.9 Å². The Hall–Kier alpha value is -4.83. The zero-order chi connectivity index (χ0) is 25.8. The van der Waals surface area contributed by atoms with Crippen molar-refractivity contribution < 1.29 is 9.31 Å². The molecule has 1 aliphatic heterocycles. The van der Waals surface area contributed by atoms with Gasteiger partial charge in [-0.25, -0.2) is 4.58 Å². The first-order chi connectivity index (χ1) is 18.7. The molecule has 0 spiro atoms. The highest BCUT2D eigenvalue weighted by Crippen LogP contribution is 2.45. The van der Waals surface area contributed by atoms with Gasteiger partial charge < -0.3 is 4.74 Å². The number of pyridine rings is 1. The van der Waals surface area contributed by atoms with Crippen LogP contribution < -0.4 is 4.74 Å². The zero-order valence-electron chi connectivity index (χ0n) is 21.2. The van der Waals surface area contributed by atoms with Gasteiger partial charge in [0.2, 0.25) is 0 Å². The Balaban J connectivity index is 1.49. The molecular weight excluding hydrogens is 466 g/mol. The molecule has 0 unspecified atom stereocenters. The summed E-state index contributed by atoms with van der Waals surface area (Å²) in [6, 6.07) is 43.7. The Labute approximate surface area is 223 Å². The molecule has 4 heteroatoms. The minimum Gasteiger partial charge on any atom is -0.457 e. The molecule has 0 radical (unpaired) electrons. The van der Waals surface area contributed by atoms with Gasteiger partial charge in [0.25, 0.3) is 0 Å². The minimum atomic E-state index is -0.623. The van der Waals surface area contributed by atoms with Gasteiger partial charge in [0.05, 0.1) is 23.7 Å². The van der Waals surface area contributed by atoms with E-state index in [1.165, 1.54) is 0 Å². The van der Waals surface area contributed by atoms with Crippen LogP contribution in [0.3, 0.4) is 0 Å². The van der Waals surface area contributed by atoms with Crippen LogP contribution in [-0.4, -0.2) is 35.2 Å². The Morgan fingerprint density at radius 1 is 0.658 bits per heavy atom. The van der Waals surface area contributed by atoms with Crippen molar-refractivity contribution >= 4 is 12.1 Å². The van der Waals surface area contributed by atoms with Crippen molar-refractivity contribution in [3.63, 3.8) is 0 Å². The van der Waals surface area contributed by atoms with Gasteiger partial charge in [-0.2, -0.15) is 0 Å². The number of hydrogen-bond acceptors (Lipinski definition) is 3. The van der Waals surface area contributed by atoms with Crippen molar-refractivity contribution in [1.82, 2.24) is 4.98 Å². The fourth-order valence-electron chi connectivity index (χ4n) is 5.27. The average molecular weight is 495 g/mol. The molecule has 4 nitrogen and oxygen atoms in total. The Bertz CT molecular complexity index is 1510. The highest BCUT2D eigenvalue weighted by Gasteiger charge is 2.39. The van der Waals surface area contributed by atoms with Gasteiger partial charge in [-0.05, 0) is 59.2 Å². The van der Waals surface area contributed by atoms with Crippen LogP contribution in [0.2, 0.25) is 0 Å². The van der Waals surface area contributed by atoms with E-state index in [0.29, 0.717) is 6.54 Å². The molecule has 6 rings (SSSR count). The van der Waals surface area contributed by atoms with E-state index in [9.17, 15) is 0 Å². The predicted octanol–water partition coefficient (Wildman–Crippen LogP) is 6.73. The molecule has 0 saturated carbocycles. The van der Waals surface area contributed by atoms with Crippen LogP contribution in [-0.2, 0) is 5.41 Å². The molecule has 184 valence electrons. The lowest BCUT2D eigenvalue weighted by molar-refractivity contribution is -0.360. The monoisotopic (exact) mass is 494 g/mol. The molecule has 0 aliphatic carbocycles. The Morgan fingerprint density at radius 2 is 1.29 bits per heavy atom. The van der Waals surface area contributed by atoms with E-state index in [-0.39, 0.29) is 0 Å². The molecule has 0 N–H and O–H groups in total. The van der Waals surface area contributed by atoms with Crippen molar-refractivity contribution in [1.29, 1.82) is 0 Å². The van der Waals surface area contributed by atoms with Gasteiger partial charge in [-0.15, -0.1) is 0 Å². The fraction of sp³-hybridized carbons (Fsp3) is 0.0882. The van der Waals surface area contributed by atoms with E-state index in [1.807, 2.05) is 55.7 Å². The second-order valence-electron chi connectivity index (χ2n) is 9.31. The number of aromatic nitrogens is 1. The van der Waals surface area contributed by atoms with E-state index in [0.717, 1.165) is 45.3 Å². The topological polar surface area (TPSA) is 37.5 Å². The number of rotatable bonds is 7. The smallest absolute Gasteiger partial charge is 0.324 e. The van der Waals surface area contributed by atoms with Crippen molar-refractivity contribution in [3.8, 4) is 11.5 Å². The number of ether oxygens (including phenoxy) is 1. The molecule has 0 saturated heterocycles. The first kappa shape index (κ1) is 23.6. The van der Waals surface area contributed by atoms with Crippen LogP contribution in [0.25, 0.3) is 0 Å². The predicted molar refractivity (Wildman–Crippen MR) is 153 cm³/mol. The fourth-order valence-corrected chi connectivity index (χ4v) is 5.27. The van der Waals surface area contributed by atoms with Crippen molar-refractivity contribution in [2.24, 2.45) is 4.99 Å². The third kappa shape index (κ3) is 4.31. The molecule has 4 aromatic carbocycles. The summed E-state index contributed by atoms with van der Waals surface area (Å²) in [6.07, 6.45) is 3.93. The van der Waals surface area contributed by atoms with E-state index >= 15 is 0 Å². The van der Waals surface area contributed by atoms with Crippen molar-refractivity contribution in [2.45, 2.75) is 5.41 Å². The second-order valence-corrected chi connectivity index (χ2v) is 9.31. The van der Waals surface area contributed by atoms with Gasteiger partial charge in [-0.3, -0.25) is 4.98 Å². The summed E-state index contributed by atoms with van der Waals surface area (Å²) in [6.45, 7) is 0.702. The lowest BCUT2D eigenvalue weighted by atomic mass is 9.67. The largest absolute Gasteiger partial charge is 0.457 e. The van der Waals surface area contributed by atoms with E-state index < -0.39 is 5.41 Å². The highest BCUT2D eigenvalue weighted by molar-refractivity contribution is 5.97. The SMILES string of the molecule is C[N+]1=CCN=C1c1cccc(Oc2cccc(C(c3ccccc3)(c3ccccc3)c3ccccn3)c2)c1. The summed E-state index contributed by atoms with van der Waals surface area (Å²) in [4.78, 5) is 9.50. The van der Waals surface area contributed by atoms with Gasteiger partial charge in [0, 0.05) is 6.20 Å². The standard InChI is InChI=1S/C34H28N3O/c1-37-23-22-36-33(37)26-12-10-18-30(24-26)38-31-19-11-17-29(25-31)34(27-13-4-2-5-14-27,28-15-6-3-7-16-28)32-20-8-9-21-35-32/h2-21,23-25H,22H2,1H3/q+1. The van der Waals surface area contributed by atoms with Gasteiger partial charge in [0.15, 0.2) is 6.54 Å². The quantitative estimate of drug-likeness (QED) is 0.186. The van der Waals surface area contributed by atoms with Gasteiger partial charge in [0.1, 0.15) is 17.7 Å². The van der Waals surface area contributed by atoms with Crippen LogP contribution in [0.5, 0.6) is 11.5 Å². The summed E-state index contributed by atoms with van der Waals surface area (Å²) >= 11 is 0. The summed E-state index contributed by atoms with van der Waals surface area (Å²) in [5.74, 6) is 2.48. The average Bonchev–Trinajstić information content (AvgIpc) is 3.41. The maximum absolute atomic E-state index is 6.45. The molecule has 1 aromatic heterocycles. The second kappa shape index (κ2) is 10.3. The molecule has 0 bridgehead atoms. The number of aliphatic imine (C=N–C) groups is 1. The number of nitrogens with zero attached hydrogens (tertiary/aromatic N) is 3. The number of hydrogen-bond donors (Lipinski definition) is 0. The van der Waals surface area contributed by atoms with Crippen molar-refractivity contribution in [3.05, 3.63) is 162 Å². The van der Waals surface area contributed by atoms with Crippen molar-refractivity contribution in [2.75, 3.05) is 13.6 Å². The van der Waals surface area contributed by atoms with E-state index in [1.54, 1.807) is 0 Å². The summed E-state index contributed by atoms with van der Waals surface area (Å²) < 4.78 is 8.51. The van der Waals surface area contributed by atoms with Crippen LogP contribution >= 0.6 is 0 Å². The number of amidine groups is 1. The van der Waals surface area contributed by atoms with Gasteiger partial charge >= 0.3 is 5.84 Å². The molecule has 0 atom stereocenters. The summed E-state index contributed by atoms with van der Waals surface area (Å²) in [5, 5.41) is 0. The Morgan fingerprint density at radius 3 is 1.92 bits per heavy atom. The molecule has 0 fully saturated rings. The lowest BCUT2D eigenvalue weighted by Crippen LogP contribution is -2.32. The van der Waals surface area contributed by atoms with Crippen LogP contribution in [0.4, 0.5) is 0 Å². The number of benzene rings is 4. The summed E-state index contributed by atoms with van der Waals surface area (Å²) in [5.41, 5.74) is 4.73. The zero-order valence-corrected chi connectivity index (χ0v) is 21.2. The maximum atomic E-state index is 6.45. The minimum absolute atomic E-state index is 0.623. The molecule has 1 aliphatic rings. The maximum Gasteiger partial charge on any atom is 0.324 e. The molecule has 2 heterocycles. The first-order valence-electron chi connectivity index (χ1n) is 12.8. The molecule has 0 amide bonds. The lowest BCUT2D eigenvalue weighted by Gasteiger charge is -2.35. The van der Waals surface area contributed by atoms with Crippen LogP contribution in [0.1, 0.15) is 27.9 Å². The normalized spacial score (nSPS) is 13.1. The molecule has 5 aromatic rings. The first-order valence-corrected chi connectivity index (χ1v) is 12.8. The summed E-state index contributed by atoms with van der Waals surface area (Å²) in [7, 11) is 2.02. The van der Waals surface area contributed by atoms with E-state index in [4.69, 9.17) is 9.72 Å². The third-order valence-corrected chi connectivity index (χ3v) is 6.99. The van der Waals surface area contributed by atoms with Crippen LogP contribution in [0, 0.1) is 0 Å². The van der Waals surface area contributed by atoms with Crippen LogP contribution in [0.15, 0.2) is 139 Å². The molecule has 38 heavy (non-hydrogen) atoms. The third-order valence-electron chi connectivity index (χ3n) is 6.99. The molecular formula is C34H28N3O+. The Kier molecular flexibility index (Phi) is 6.37. The van der Waals surface area contributed by atoms with E-state index in [2.05, 4.69) is 101 Å².